The predicted octanol–water partition coefficient (Wildman–Crippen LogP) is 3.35. The van der Waals surface area contributed by atoms with Gasteiger partial charge in [-0.2, -0.15) is 0 Å². The lowest BCUT2D eigenvalue weighted by molar-refractivity contribution is -0.131. The van der Waals surface area contributed by atoms with E-state index in [9.17, 15) is 14.4 Å². The minimum absolute atomic E-state index is 0.00286. The molecule has 0 fully saturated rings. The number of hydrogen-bond acceptors (Lipinski definition) is 6. The molecule has 3 aliphatic rings. The van der Waals surface area contributed by atoms with Crippen LogP contribution in [0.25, 0.3) is 0 Å². The number of allylic oxidation sites excluding steroid dienone is 2. The van der Waals surface area contributed by atoms with Crippen molar-refractivity contribution in [2.75, 3.05) is 0 Å². The average Bonchev–Trinajstić information content (AvgIpc) is 2.69. The number of rotatable bonds is 1. The van der Waals surface area contributed by atoms with Gasteiger partial charge in [0.15, 0.2) is 23.4 Å². The molecule has 0 saturated heterocycles. The fraction of sp³-hybridized carbons (Fsp3) is 0.0909. The number of ether oxygens (including phenoxy) is 2. The molecular formula is C22H13NO5. The van der Waals surface area contributed by atoms with E-state index in [4.69, 9.17) is 9.47 Å². The largest absolute Gasteiger partial charge is 0.478 e. The first kappa shape index (κ1) is 16.4. The fourth-order valence-electron chi connectivity index (χ4n) is 3.63. The lowest BCUT2D eigenvalue weighted by atomic mass is 9.82. The predicted molar refractivity (Wildman–Crippen MR) is 101 cm³/mol. The number of carbonyl (C=O) groups is 3. The van der Waals surface area contributed by atoms with Crippen LogP contribution in [0.2, 0.25) is 0 Å². The second-order valence-corrected chi connectivity index (χ2v) is 6.59. The summed E-state index contributed by atoms with van der Waals surface area (Å²) in [6, 6.07) is 8.03. The topological polar surface area (TPSA) is 82.0 Å². The van der Waals surface area contributed by atoms with Crippen LogP contribution >= 0.6 is 0 Å². The number of ketones is 2. The molecule has 0 aromatic heterocycles. The maximum atomic E-state index is 13.3. The summed E-state index contributed by atoms with van der Waals surface area (Å²) >= 11 is 0. The third kappa shape index (κ3) is 2.28. The fourth-order valence-corrected chi connectivity index (χ4v) is 3.63. The van der Waals surface area contributed by atoms with Crippen molar-refractivity contribution >= 4 is 28.9 Å². The van der Waals surface area contributed by atoms with Gasteiger partial charge in [-0.3, -0.25) is 14.4 Å². The van der Waals surface area contributed by atoms with Crippen molar-refractivity contribution in [3.63, 3.8) is 0 Å². The summed E-state index contributed by atoms with van der Waals surface area (Å²) < 4.78 is 11.2. The zero-order chi connectivity index (χ0) is 19.4. The summed E-state index contributed by atoms with van der Waals surface area (Å²) in [4.78, 5) is 42.7. The van der Waals surface area contributed by atoms with E-state index in [1.54, 1.807) is 30.3 Å². The second kappa shape index (κ2) is 5.85. The number of carbonyl (C=O) groups excluding carboxylic acids is 3. The van der Waals surface area contributed by atoms with Crippen molar-refractivity contribution < 1.29 is 23.9 Å². The van der Waals surface area contributed by atoms with E-state index < -0.39 is 12.1 Å². The molecule has 0 N–H and O–H groups in total. The minimum atomic E-state index is -0.596. The number of aliphatic imine (C=N–C) groups is 1. The third-order valence-electron chi connectivity index (χ3n) is 4.80. The molecule has 2 aromatic rings. The van der Waals surface area contributed by atoms with E-state index in [1.165, 1.54) is 13.0 Å². The Balaban J connectivity index is 1.82. The summed E-state index contributed by atoms with van der Waals surface area (Å²) in [5, 5.41) is 0. The number of benzene rings is 2. The first-order chi connectivity index (χ1) is 13.5. The van der Waals surface area contributed by atoms with E-state index in [-0.39, 0.29) is 39.7 Å². The highest BCUT2D eigenvalue weighted by Crippen LogP contribution is 2.46. The molecule has 0 bridgehead atoms. The van der Waals surface area contributed by atoms with Crippen LogP contribution in [-0.4, -0.2) is 29.4 Å². The summed E-state index contributed by atoms with van der Waals surface area (Å²) in [5.41, 5.74) is 1.63. The number of esters is 1. The Morgan fingerprint density at radius 2 is 1.79 bits per heavy atom. The van der Waals surface area contributed by atoms with E-state index in [1.807, 2.05) is 18.2 Å². The Labute approximate surface area is 159 Å². The van der Waals surface area contributed by atoms with Crippen LogP contribution in [0.3, 0.4) is 0 Å². The van der Waals surface area contributed by atoms with Gasteiger partial charge in [-0.1, -0.05) is 36.4 Å². The Kier molecular flexibility index (Phi) is 3.42. The third-order valence-corrected chi connectivity index (χ3v) is 4.80. The Bertz CT molecular complexity index is 1190. The highest BCUT2D eigenvalue weighted by atomic mass is 16.5. The molecule has 0 amide bonds. The maximum Gasteiger partial charge on any atom is 0.308 e. The summed E-state index contributed by atoms with van der Waals surface area (Å²) in [6.07, 6.45) is 6.89. The zero-order valence-electron chi connectivity index (χ0n) is 14.8. The molecule has 2 aliphatic carbocycles. The average molecular weight is 371 g/mol. The van der Waals surface area contributed by atoms with Gasteiger partial charge < -0.3 is 9.47 Å². The lowest BCUT2D eigenvalue weighted by Crippen LogP contribution is -2.30. The summed E-state index contributed by atoms with van der Waals surface area (Å²) in [7, 11) is 0. The molecule has 0 spiro atoms. The molecule has 5 rings (SSSR count). The van der Waals surface area contributed by atoms with Crippen LogP contribution in [0, 0.1) is 0 Å². The van der Waals surface area contributed by atoms with Crippen molar-refractivity contribution in [1.82, 2.24) is 0 Å². The van der Waals surface area contributed by atoms with Crippen LogP contribution in [-0.2, 0) is 4.79 Å². The Morgan fingerprint density at radius 1 is 1.07 bits per heavy atom. The molecule has 6 nitrogen and oxygen atoms in total. The van der Waals surface area contributed by atoms with Gasteiger partial charge in [0, 0.05) is 24.1 Å². The minimum Gasteiger partial charge on any atom is -0.478 e. The van der Waals surface area contributed by atoms with Crippen molar-refractivity contribution in [3.05, 3.63) is 76.9 Å². The Morgan fingerprint density at radius 3 is 2.50 bits per heavy atom. The van der Waals surface area contributed by atoms with Gasteiger partial charge in [-0.05, 0) is 12.2 Å². The van der Waals surface area contributed by atoms with Gasteiger partial charge in [0.25, 0.3) is 0 Å². The molecule has 1 aliphatic heterocycles. The smallest absolute Gasteiger partial charge is 0.308 e. The zero-order valence-corrected chi connectivity index (χ0v) is 14.8. The van der Waals surface area contributed by atoms with E-state index >= 15 is 0 Å². The number of fused-ring (bicyclic) bond motifs is 5. The van der Waals surface area contributed by atoms with E-state index in [0.29, 0.717) is 17.0 Å². The van der Waals surface area contributed by atoms with Crippen LogP contribution in [0.5, 0.6) is 11.5 Å². The first-order valence-corrected chi connectivity index (χ1v) is 8.72. The highest BCUT2D eigenvalue weighted by Gasteiger charge is 2.38. The summed E-state index contributed by atoms with van der Waals surface area (Å²) in [5.74, 6) is -1.03. The van der Waals surface area contributed by atoms with Gasteiger partial charge in [-0.15, -0.1) is 0 Å². The molecular weight excluding hydrogens is 358 g/mol. The van der Waals surface area contributed by atoms with Crippen molar-refractivity contribution in [3.8, 4) is 11.5 Å². The Hall–Kier alpha value is -3.80. The van der Waals surface area contributed by atoms with Crippen LogP contribution in [0.15, 0.2) is 59.6 Å². The molecule has 0 saturated carbocycles. The lowest BCUT2D eigenvalue weighted by Gasteiger charge is -2.28. The first-order valence-electron chi connectivity index (χ1n) is 8.72. The molecule has 28 heavy (non-hydrogen) atoms. The molecule has 136 valence electrons. The number of hydrogen-bond donors (Lipinski definition) is 0. The van der Waals surface area contributed by atoms with Crippen molar-refractivity contribution in [2.24, 2.45) is 4.99 Å². The molecule has 0 radical (unpaired) electrons. The molecule has 1 unspecified atom stereocenters. The van der Waals surface area contributed by atoms with Crippen LogP contribution in [0.4, 0.5) is 5.69 Å². The molecule has 6 heteroatoms. The molecule has 1 atom stereocenters. The molecule has 2 aromatic carbocycles. The number of nitrogens with zero attached hydrogens (tertiary/aromatic N) is 1. The van der Waals surface area contributed by atoms with E-state index in [0.717, 1.165) is 0 Å². The normalized spacial score (nSPS) is 18.3. The van der Waals surface area contributed by atoms with Crippen LogP contribution < -0.4 is 9.47 Å². The summed E-state index contributed by atoms with van der Waals surface area (Å²) in [6.45, 7) is 1.24. The SMILES string of the molecule is CC(=O)Oc1cc2c(c3c1C(=O)c1ccccc1C3=O)N=C1C=CC=CC1O2. The molecule has 1 heterocycles. The second-order valence-electron chi connectivity index (χ2n) is 6.59. The standard InChI is InChI=1S/C22H13NO5/c1-11(24)27-16-10-17-20(23-14-8-4-5-9-15(14)28-17)19-18(16)21(25)12-6-2-3-7-13(12)22(19)26/h2-10,15H,1H3. The van der Waals surface area contributed by atoms with Gasteiger partial charge in [-0.25, -0.2) is 4.99 Å². The monoisotopic (exact) mass is 371 g/mol. The van der Waals surface area contributed by atoms with E-state index in [2.05, 4.69) is 4.99 Å². The van der Waals surface area contributed by atoms with Crippen molar-refractivity contribution in [1.29, 1.82) is 0 Å². The van der Waals surface area contributed by atoms with Gasteiger partial charge in [0.05, 0.1) is 16.8 Å². The quantitative estimate of drug-likeness (QED) is 0.484. The van der Waals surface area contributed by atoms with Gasteiger partial charge in [0.2, 0.25) is 0 Å². The van der Waals surface area contributed by atoms with Crippen molar-refractivity contribution in [2.45, 2.75) is 13.0 Å². The highest BCUT2D eigenvalue weighted by molar-refractivity contribution is 6.31. The van der Waals surface area contributed by atoms with Gasteiger partial charge in [0.1, 0.15) is 11.4 Å². The van der Waals surface area contributed by atoms with Gasteiger partial charge >= 0.3 is 5.97 Å². The van der Waals surface area contributed by atoms with Crippen LogP contribution in [0.1, 0.15) is 38.8 Å². The maximum absolute atomic E-state index is 13.3.